The number of hydrogen-bond acceptors (Lipinski definition) is 3. The second-order valence-corrected chi connectivity index (χ2v) is 5.09. The Morgan fingerprint density at radius 1 is 1.61 bits per heavy atom. The molecule has 0 spiro atoms. The van der Waals surface area contributed by atoms with Crippen molar-refractivity contribution in [1.82, 2.24) is 5.32 Å². The van der Waals surface area contributed by atoms with Gasteiger partial charge in [0.05, 0.1) is 23.2 Å². The van der Waals surface area contributed by atoms with Crippen molar-refractivity contribution >= 4 is 33.4 Å². The molecule has 0 bridgehead atoms. The van der Waals surface area contributed by atoms with Crippen LogP contribution in [0.4, 0.5) is 0 Å². The van der Waals surface area contributed by atoms with Crippen molar-refractivity contribution in [2.45, 2.75) is 12.5 Å². The number of hydrogen-bond donors (Lipinski definition) is 2. The molecule has 0 aliphatic rings. The van der Waals surface area contributed by atoms with Gasteiger partial charge in [-0.15, -0.1) is 0 Å². The zero-order valence-corrected chi connectivity index (χ0v) is 12.3. The molecule has 0 radical (unpaired) electrons. The predicted molar refractivity (Wildman–Crippen MR) is 74.0 cm³/mol. The van der Waals surface area contributed by atoms with Gasteiger partial charge in [0.1, 0.15) is 0 Å². The van der Waals surface area contributed by atoms with Gasteiger partial charge in [-0.25, -0.2) is 0 Å². The van der Waals surface area contributed by atoms with Crippen LogP contribution in [0.25, 0.3) is 0 Å². The summed E-state index contributed by atoms with van der Waals surface area (Å²) in [7, 11) is 1.54. The van der Waals surface area contributed by atoms with E-state index in [-0.39, 0.29) is 18.6 Å². The smallest absolute Gasteiger partial charge is 0.253 e. The Balaban J connectivity index is 2.76. The molecule has 0 aromatic heterocycles. The molecule has 1 amide bonds. The summed E-state index contributed by atoms with van der Waals surface area (Å²) in [6, 6.07) is 4.83. The molecule has 6 heteroatoms. The van der Waals surface area contributed by atoms with Crippen LogP contribution in [0.1, 0.15) is 16.8 Å². The first kappa shape index (κ1) is 15.4. The van der Waals surface area contributed by atoms with Crippen LogP contribution in [0.3, 0.4) is 0 Å². The van der Waals surface area contributed by atoms with Gasteiger partial charge < -0.3 is 15.2 Å². The first-order valence-corrected chi connectivity index (χ1v) is 6.61. The van der Waals surface area contributed by atoms with Crippen LogP contribution in [0.15, 0.2) is 22.7 Å². The largest absolute Gasteiger partial charge is 0.396 e. The molecule has 0 aliphatic heterocycles. The van der Waals surface area contributed by atoms with Crippen molar-refractivity contribution in [2.24, 2.45) is 0 Å². The lowest BCUT2D eigenvalue weighted by Crippen LogP contribution is -2.38. The molecule has 1 aromatic carbocycles. The standard InChI is InChI=1S/C12H15BrClNO3/c1-18-7-9(4-5-16)15-12(17)10-6-8(13)2-3-11(10)14/h2-3,6,9,16H,4-5,7H2,1H3,(H,15,17). The highest BCUT2D eigenvalue weighted by molar-refractivity contribution is 9.10. The summed E-state index contributed by atoms with van der Waals surface area (Å²) in [5, 5.41) is 12.1. The molecule has 0 heterocycles. The maximum absolute atomic E-state index is 12.0. The highest BCUT2D eigenvalue weighted by atomic mass is 79.9. The third-order valence-electron chi connectivity index (χ3n) is 2.35. The van der Waals surface area contributed by atoms with Crippen LogP contribution < -0.4 is 5.32 Å². The molecule has 1 rings (SSSR count). The van der Waals surface area contributed by atoms with Crippen LogP contribution in [0.2, 0.25) is 5.02 Å². The van der Waals surface area contributed by atoms with Crippen LogP contribution >= 0.6 is 27.5 Å². The predicted octanol–water partition coefficient (Wildman–Crippen LogP) is 2.23. The highest BCUT2D eigenvalue weighted by Crippen LogP contribution is 2.21. The van der Waals surface area contributed by atoms with Crippen LogP contribution in [0, 0.1) is 0 Å². The Hall–Kier alpha value is -0.620. The van der Waals surface area contributed by atoms with Crippen molar-refractivity contribution in [3.8, 4) is 0 Å². The summed E-state index contributed by atoms with van der Waals surface area (Å²) in [6.07, 6.45) is 0.436. The molecule has 0 aliphatic carbocycles. The average Bonchev–Trinajstić information content (AvgIpc) is 2.33. The molecule has 0 saturated carbocycles. The van der Waals surface area contributed by atoms with Crippen molar-refractivity contribution < 1.29 is 14.6 Å². The zero-order chi connectivity index (χ0) is 13.5. The number of carbonyl (C=O) groups excluding carboxylic acids is 1. The van der Waals surface area contributed by atoms with Crippen molar-refractivity contribution in [2.75, 3.05) is 20.3 Å². The summed E-state index contributed by atoms with van der Waals surface area (Å²) >= 11 is 9.26. The van der Waals surface area contributed by atoms with E-state index in [1.165, 1.54) is 0 Å². The number of aliphatic hydroxyl groups excluding tert-OH is 1. The number of benzene rings is 1. The van der Waals surface area contributed by atoms with E-state index in [1.54, 1.807) is 25.3 Å². The van der Waals surface area contributed by atoms with Gasteiger partial charge >= 0.3 is 0 Å². The maximum atomic E-state index is 12.0. The third-order valence-corrected chi connectivity index (χ3v) is 3.18. The van der Waals surface area contributed by atoms with Gasteiger partial charge in [0, 0.05) is 18.2 Å². The first-order chi connectivity index (χ1) is 8.58. The lowest BCUT2D eigenvalue weighted by Gasteiger charge is -2.17. The number of amides is 1. The topological polar surface area (TPSA) is 58.6 Å². The molecule has 1 aromatic rings. The Morgan fingerprint density at radius 2 is 2.33 bits per heavy atom. The summed E-state index contributed by atoms with van der Waals surface area (Å²) in [5.41, 5.74) is 0.394. The van der Waals surface area contributed by atoms with Gasteiger partial charge in [-0.1, -0.05) is 27.5 Å². The molecule has 18 heavy (non-hydrogen) atoms. The van der Waals surface area contributed by atoms with Gasteiger partial charge in [0.2, 0.25) is 0 Å². The van der Waals surface area contributed by atoms with E-state index in [4.69, 9.17) is 21.4 Å². The fourth-order valence-electron chi connectivity index (χ4n) is 1.49. The minimum Gasteiger partial charge on any atom is -0.396 e. The van der Waals surface area contributed by atoms with Crippen LogP contribution in [-0.4, -0.2) is 37.4 Å². The Bertz CT molecular complexity index is 408. The molecule has 1 atom stereocenters. The zero-order valence-electron chi connectivity index (χ0n) is 9.95. The van der Waals surface area contributed by atoms with Crippen molar-refractivity contribution in [3.63, 3.8) is 0 Å². The molecule has 0 saturated heterocycles. The number of carbonyl (C=O) groups is 1. The number of halogens is 2. The number of ether oxygens (including phenoxy) is 1. The van der Waals surface area contributed by atoms with Crippen molar-refractivity contribution in [3.05, 3.63) is 33.3 Å². The minimum absolute atomic E-state index is 0.0134. The fraction of sp³-hybridized carbons (Fsp3) is 0.417. The van der Waals surface area contributed by atoms with Gasteiger partial charge in [-0.2, -0.15) is 0 Å². The van der Waals surface area contributed by atoms with E-state index >= 15 is 0 Å². The number of aliphatic hydroxyl groups is 1. The Labute approximate surface area is 119 Å². The van der Waals surface area contributed by atoms with E-state index in [2.05, 4.69) is 21.2 Å². The monoisotopic (exact) mass is 335 g/mol. The van der Waals surface area contributed by atoms with Crippen LogP contribution in [0.5, 0.6) is 0 Å². The van der Waals surface area contributed by atoms with E-state index in [1.807, 2.05) is 0 Å². The van der Waals surface area contributed by atoms with Crippen LogP contribution in [-0.2, 0) is 4.74 Å². The van der Waals surface area contributed by atoms with Gasteiger partial charge in [0.25, 0.3) is 5.91 Å². The average molecular weight is 337 g/mol. The second kappa shape index (κ2) is 7.74. The summed E-state index contributed by atoms with van der Waals surface area (Å²) in [6.45, 7) is 0.332. The quantitative estimate of drug-likeness (QED) is 0.837. The lowest BCUT2D eigenvalue weighted by molar-refractivity contribution is 0.0879. The molecular formula is C12H15BrClNO3. The van der Waals surface area contributed by atoms with E-state index in [9.17, 15) is 4.79 Å². The highest BCUT2D eigenvalue weighted by Gasteiger charge is 2.15. The summed E-state index contributed by atoms with van der Waals surface area (Å²) in [4.78, 5) is 12.0. The van der Waals surface area contributed by atoms with Crippen molar-refractivity contribution in [1.29, 1.82) is 0 Å². The second-order valence-electron chi connectivity index (χ2n) is 3.76. The number of rotatable bonds is 6. The lowest BCUT2D eigenvalue weighted by atomic mass is 10.1. The SMILES string of the molecule is COCC(CCO)NC(=O)c1cc(Br)ccc1Cl. The number of nitrogens with one attached hydrogen (secondary N) is 1. The minimum atomic E-state index is -0.281. The molecular weight excluding hydrogens is 321 g/mol. The molecule has 0 fully saturated rings. The number of methoxy groups -OCH3 is 1. The molecule has 4 nitrogen and oxygen atoms in total. The molecule has 1 unspecified atom stereocenters. The van der Waals surface area contributed by atoms with E-state index in [0.29, 0.717) is 23.6 Å². The third kappa shape index (κ3) is 4.57. The normalized spacial score (nSPS) is 12.2. The first-order valence-electron chi connectivity index (χ1n) is 5.44. The maximum Gasteiger partial charge on any atom is 0.253 e. The Kier molecular flexibility index (Phi) is 6.63. The fourth-order valence-corrected chi connectivity index (χ4v) is 2.05. The van der Waals surface area contributed by atoms with E-state index in [0.717, 1.165) is 4.47 Å². The molecule has 100 valence electrons. The summed E-state index contributed by atoms with van der Waals surface area (Å²) < 4.78 is 5.76. The van der Waals surface area contributed by atoms with Gasteiger partial charge in [-0.3, -0.25) is 4.79 Å². The van der Waals surface area contributed by atoms with Gasteiger partial charge in [0.15, 0.2) is 0 Å². The Morgan fingerprint density at radius 3 is 2.94 bits per heavy atom. The molecule has 2 N–H and O–H groups in total. The van der Waals surface area contributed by atoms with E-state index < -0.39 is 0 Å². The summed E-state index contributed by atoms with van der Waals surface area (Å²) in [5.74, 6) is -0.281. The van der Waals surface area contributed by atoms with Gasteiger partial charge in [-0.05, 0) is 24.6 Å².